The molecule has 0 bridgehead atoms. The molecule has 1 aromatic rings. The first-order valence-corrected chi connectivity index (χ1v) is 6.66. The van der Waals surface area contributed by atoms with Crippen LogP contribution in [-0.2, 0) is 9.84 Å². The van der Waals surface area contributed by atoms with Crippen molar-refractivity contribution in [3.8, 4) is 0 Å². The standard InChI is InChI=1S/C9H15N3O2S/c1-4-10-8-5-6-11-9(12-8)7(2)15(3,13)14/h5-7H,4H2,1-3H3,(H,10,11,12). The van der Waals surface area contributed by atoms with Gasteiger partial charge in [0.05, 0.1) is 0 Å². The van der Waals surface area contributed by atoms with E-state index in [9.17, 15) is 8.42 Å². The van der Waals surface area contributed by atoms with Crippen LogP contribution >= 0.6 is 0 Å². The van der Waals surface area contributed by atoms with Gasteiger partial charge in [-0.1, -0.05) is 0 Å². The van der Waals surface area contributed by atoms with E-state index in [-0.39, 0.29) is 0 Å². The van der Waals surface area contributed by atoms with Gasteiger partial charge in [-0.05, 0) is 19.9 Å². The summed E-state index contributed by atoms with van der Waals surface area (Å²) < 4.78 is 22.6. The average Bonchev–Trinajstić information content (AvgIpc) is 2.16. The second kappa shape index (κ2) is 4.57. The fraction of sp³-hybridized carbons (Fsp3) is 0.556. The number of rotatable bonds is 4. The van der Waals surface area contributed by atoms with Crippen LogP contribution in [0.3, 0.4) is 0 Å². The van der Waals surface area contributed by atoms with E-state index in [2.05, 4.69) is 15.3 Å². The number of nitrogens with one attached hydrogen (secondary N) is 1. The average molecular weight is 229 g/mol. The number of hydrogen-bond donors (Lipinski definition) is 1. The lowest BCUT2D eigenvalue weighted by atomic mass is 10.4. The first kappa shape index (κ1) is 11.9. The fourth-order valence-electron chi connectivity index (χ4n) is 1.04. The molecule has 6 heteroatoms. The summed E-state index contributed by atoms with van der Waals surface area (Å²) >= 11 is 0. The number of nitrogens with zero attached hydrogens (tertiary/aromatic N) is 2. The molecule has 0 aliphatic heterocycles. The van der Waals surface area contributed by atoms with Crippen LogP contribution in [0.2, 0.25) is 0 Å². The molecule has 1 aromatic heterocycles. The van der Waals surface area contributed by atoms with E-state index in [0.717, 1.165) is 6.54 Å². The second-order valence-corrected chi connectivity index (χ2v) is 5.67. The van der Waals surface area contributed by atoms with Gasteiger partial charge in [0.2, 0.25) is 0 Å². The Morgan fingerprint density at radius 1 is 1.53 bits per heavy atom. The Morgan fingerprint density at radius 3 is 2.73 bits per heavy atom. The lowest BCUT2D eigenvalue weighted by Crippen LogP contribution is -2.12. The van der Waals surface area contributed by atoms with Gasteiger partial charge in [-0.2, -0.15) is 0 Å². The topological polar surface area (TPSA) is 72.0 Å². The van der Waals surface area contributed by atoms with E-state index in [4.69, 9.17) is 0 Å². The zero-order valence-electron chi connectivity index (χ0n) is 9.06. The van der Waals surface area contributed by atoms with Crippen LogP contribution in [-0.4, -0.2) is 31.2 Å². The van der Waals surface area contributed by atoms with Crippen molar-refractivity contribution in [2.24, 2.45) is 0 Å². The van der Waals surface area contributed by atoms with Crippen molar-refractivity contribution < 1.29 is 8.42 Å². The second-order valence-electron chi connectivity index (χ2n) is 3.30. The number of hydrogen-bond acceptors (Lipinski definition) is 5. The summed E-state index contributed by atoms with van der Waals surface area (Å²) in [5.41, 5.74) is 0. The molecule has 1 atom stereocenters. The highest BCUT2D eigenvalue weighted by molar-refractivity contribution is 7.90. The van der Waals surface area contributed by atoms with Crippen LogP contribution in [0.15, 0.2) is 12.3 Å². The Balaban J connectivity index is 3.00. The van der Waals surface area contributed by atoms with Crippen molar-refractivity contribution in [1.29, 1.82) is 0 Å². The molecule has 1 rings (SSSR count). The molecular weight excluding hydrogens is 214 g/mol. The van der Waals surface area contributed by atoms with Crippen molar-refractivity contribution in [3.05, 3.63) is 18.1 Å². The van der Waals surface area contributed by atoms with E-state index in [0.29, 0.717) is 11.6 Å². The maximum absolute atomic E-state index is 11.3. The minimum Gasteiger partial charge on any atom is -0.370 e. The molecule has 0 spiro atoms. The predicted molar refractivity (Wildman–Crippen MR) is 59.5 cm³/mol. The van der Waals surface area contributed by atoms with Gasteiger partial charge < -0.3 is 5.32 Å². The Bertz CT molecular complexity index is 431. The Labute approximate surface area is 89.9 Å². The maximum atomic E-state index is 11.3. The highest BCUT2D eigenvalue weighted by Gasteiger charge is 2.20. The summed E-state index contributed by atoms with van der Waals surface area (Å²) in [4.78, 5) is 8.09. The quantitative estimate of drug-likeness (QED) is 0.834. The van der Waals surface area contributed by atoms with E-state index in [1.54, 1.807) is 19.2 Å². The number of sulfone groups is 1. The molecule has 0 saturated heterocycles. The summed E-state index contributed by atoms with van der Waals surface area (Å²) in [7, 11) is -3.14. The lowest BCUT2D eigenvalue weighted by molar-refractivity contribution is 0.589. The first-order valence-electron chi connectivity index (χ1n) is 4.70. The first-order chi connectivity index (χ1) is 6.95. The molecule has 0 fully saturated rings. The van der Waals surface area contributed by atoms with Crippen LogP contribution in [0.4, 0.5) is 5.82 Å². The van der Waals surface area contributed by atoms with Crippen LogP contribution in [0.5, 0.6) is 0 Å². The smallest absolute Gasteiger partial charge is 0.157 e. The van der Waals surface area contributed by atoms with Gasteiger partial charge in [-0.3, -0.25) is 0 Å². The van der Waals surface area contributed by atoms with Crippen molar-refractivity contribution in [1.82, 2.24) is 9.97 Å². The summed E-state index contributed by atoms with van der Waals surface area (Å²) in [6.07, 6.45) is 2.74. The van der Waals surface area contributed by atoms with Crippen LogP contribution in [0.25, 0.3) is 0 Å². The van der Waals surface area contributed by atoms with Gasteiger partial charge in [0, 0.05) is 19.0 Å². The minimum atomic E-state index is -3.14. The molecule has 1 heterocycles. The van der Waals surface area contributed by atoms with E-state index in [1.807, 2.05) is 6.92 Å². The third-order valence-electron chi connectivity index (χ3n) is 2.04. The fourth-order valence-corrected chi connectivity index (χ4v) is 1.54. The Morgan fingerprint density at radius 2 is 2.20 bits per heavy atom. The lowest BCUT2D eigenvalue weighted by Gasteiger charge is -2.09. The van der Waals surface area contributed by atoms with Gasteiger partial charge in [-0.25, -0.2) is 18.4 Å². The van der Waals surface area contributed by atoms with Crippen molar-refractivity contribution in [2.75, 3.05) is 18.1 Å². The molecule has 0 amide bonds. The van der Waals surface area contributed by atoms with Crippen LogP contribution in [0, 0.1) is 0 Å². The van der Waals surface area contributed by atoms with Gasteiger partial charge in [0.1, 0.15) is 16.9 Å². The molecule has 0 radical (unpaired) electrons. The third-order valence-corrected chi connectivity index (χ3v) is 3.53. The maximum Gasteiger partial charge on any atom is 0.157 e. The van der Waals surface area contributed by atoms with Gasteiger partial charge in [0.25, 0.3) is 0 Å². The molecule has 1 N–H and O–H groups in total. The van der Waals surface area contributed by atoms with E-state index in [1.165, 1.54) is 6.26 Å². The molecule has 84 valence electrons. The zero-order chi connectivity index (χ0) is 11.5. The molecule has 0 aliphatic carbocycles. The minimum absolute atomic E-state index is 0.330. The highest BCUT2D eigenvalue weighted by atomic mass is 32.2. The molecule has 1 unspecified atom stereocenters. The summed E-state index contributed by atoms with van der Waals surface area (Å²) in [6.45, 7) is 4.27. The van der Waals surface area contributed by atoms with E-state index < -0.39 is 15.1 Å². The number of aromatic nitrogens is 2. The SMILES string of the molecule is CCNc1ccnc(C(C)S(C)(=O)=O)n1. The summed E-state index contributed by atoms with van der Waals surface area (Å²) in [5.74, 6) is 0.981. The highest BCUT2D eigenvalue weighted by Crippen LogP contribution is 2.17. The monoisotopic (exact) mass is 229 g/mol. The number of anilines is 1. The third kappa shape index (κ3) is 3.16. The zero-order valence-corrected chi connectivity index (χ0v) is 9.87. The van der Waals surface area contributed by atoms with Crippen molar-refractivity contribution in [2.45, 2.75) is 19.1 Å². The van der Waals surface area contributed by atoms with Crippen molar-refractivity contribution >= 4 is 15.7 Å². The van der Waals surface area contributed by atoms with Gasteiger partial charge >= 0.3 is 0 Å². The van der Waals surface area contributed by atoms with Gasteiger partial charge in [-0.15, -0.1) is 0 Å². The summed E-state index contributed by atoms with van der Waals surface area (Å²) in [6, 6.07) is 1.71. The predicted octanol–water partition coefficient (Wildman–Crippen LogP) is 1.01. The van der Waals surface area contributed by atoms with Gasteiger partial charge in [0.15, 0.2) is 9.84 Å². The molecule has 5 nitrogen and oxygen atoms in total. The molecule has 0 aromatic carbocycles. The molecule has 15 heavy (non-hydrogen) atoms. The van der Waals surface area contributed by atoms with Crippen LogP contribution in [0.1, 0.15) is 24.9 Å². The Kier molecular flexibility index (Phi) is 3.62. The molecule has 0 aliphatic rings. The molecular formula is C9H15N3O2S. The largest absolute Gasteiger partial charge is 0.370 e. The molecule has 0 saturated carbocycles. The summed E-state index contributed by atoms with van der Waals surface area (Å²) in [5, 5.41) is 2.34. The van der Waals surface area contributed by atoms with E-state index >= 15 is 0 Å². The Hall–Kier alpha value is -1.17. The van der Waals surface area contributed by atoms with Crippen molar-refractivity contribution in [3.63, 3.8) is 0 Å². The van der Waals surface area contributed by atoms with Crippen LogP contribution < -0.4 is 5.32 Å². The normalized spacial score (nSPS) is 13.5.